The molecular formula is C22H28ClFN8. The van der Waals surface area contributed by atoms with Crippen LogP contribution in [-0.2, 0) is 6.54 Å². The Hall–Kier alpha value is -2.78. The summed E-state index contributed by atoms with van der Waals surface area (Å²) in [6.07, 6.45) is 4.20. The Morgan fingerprint density at radius 1 is 1.22 bits per heavy atom. The Kier molecular flexibility index (Phi) is 5.69. The number of piperidine rings is 1. The third-order valence-corrected chi connectivity index (χ3v) is 6.84. The van der Waals surface area contributed by atoms with Crippen LogP contribution >= 0.6 is 11.6 Å². The van der Waals surface area contributed by atoms with Crippen molar-refractivity contribution in [2.45, 2.75) is 32.2 Å². The van der Waals surface area contributed by atoms with E-state index >= 15 is 0 Å². The zero-order valence-corrected chi connectivity index (χ0v) is 19.1. The van der Waals surface area contributed by atoms with Crippen LogP contribution in [0.15, 0.2) is 29.7 Å². The van der Waals surface area contributed by atoms with Crippen molar-refractivity contribution in [3.63, 3.8) is 0 Å². The monoisotopic (exact) mass is 458 g/mol. The van der Waals surface area contributed by atoms with Crippen LogP contribution in [0.5, 0.6) is 0 Å². The summed E-state index contributed by atoms with van der Waals surface area (Å²) in [6, 6.07) is 3.19. The highest BCUT2D eigenvalue weighted by Gasteiger charge is 2.29. The van der Waals surface area contributed by atoms with Crippen LogP contribution in [0.4, 0.5) is 4.39 Å². The molecule has 0 saturated carbocycles. The molecule has 0 atom stereocenters. The smallest absolute Gasteiger partial charge is 0.199 e. The van der Waals surface area contributed by atoms with E-state index in [0.29, 0.717) is 18.3 Å². The molecule has 5 rings (SSSR count). The van der Waals surface area contributed by atoms with Gasteiger partial charge in [0.05, 0.1) is 10.7 Å². The Balaban J connectivity index is 1.44. The summed E-state index contributed by atoms with van der Waals surface area (Å²) >= 11 is 6.32. The molecule has 10 heteroatoms. The largest absolute Gasteiger partial charge is 0.367 e. The van der Waals surface area contributed by atoms with Crippen molar-refractivity contribution in [1.29, 1.82) is 0 Å². The minimum atomic E-state index is -0.388. The van der Waals surface area contributed by atoms with Crippen LogP contribution in [0.2, 0.25) is 5.02 Å². The fraction of sp³-hybridized carbons (Fsp3) is 0.455. The summed E-state index contributed by atoms with van der Waals surface area (Å²) in [6.45, 7) is 6.03. The van der Waals surface area contributed by atoms with Crippen LogP contribution in [0.1, 0.15) is 41.5 Å². The molecule has 2 aromatic rings. The number of rotatable bonds is 4. The summed E-state index contributed by atoms with van der Waals surface area (Å²) in [7, 11) is 1.95. The zero-order valence-electron chi connectivity index (χ0n) is 18.3. The molecule has 170 valence electrons. The lowest BCUT2D eigenvalue weighted by Crippen LogP contribution is -2.49. The average molecular weight is 459 g/mol. The number of nitrogens with one attached hydrogen (secondary N) is 4. The molecule has 0 aliphatic carbocycles. The number of benzene rings is 1. The minimum Gasteiger partial charge on any atom is -0.367 e. The van der Waals surface area contributed by atoms with E-state index in [1.165, 1.54) is 6.07 Å². The molecule has 4 heterocycles. The van der Waals surface area contributed by atoms with Gasteiger partial charge in [0.2, 0.25) is 0 Å². The Bertz CT molecular complexity index is 1070. The van der Waals surface area contributed by atoms with Gasteiger partial charge in [0.1, 0.15) is 23.2 Å². The highest BCUT2D eigenvalue weighted by molar-refractivity contribution is 6.31. The van der Waals surface area contributed by atoms with Gasteiger partial charge in [0.15, 0.2) is 5.82 Å². The van der Waals surface area contributed by atoms with Crippen LogP contribution in [0.3, 0.4) is 0 Å². The maximum atomic E-state index is 14.1. The first-order valence-electron chi connectivity index (χ1n) is 11.0. The van der Waals surface area contributed by atoms with E-state index in [1.54, 1.807) is 6.07 Å². The van der Waals surface area contributed by atoms with Gasteiger partial charge in [-0.1, -0.05) is 17.7 Å². The summed E-state index contributed by atoms with van der Waals surface area (Å²) < 4.78 is 14.1. The number of aryl methyl sites for hydroxylation is 1. The first kappa shape index (κ1) is 21.1. The van der Waals surface area contributed by atoms with Crippen molar-refractivity contribution in [1.82, 2.24) is 41.1 Å². The molecule has 0 amide bonds. The summed E-state index contributed by atoms with van der Waals surface area (Å²) in [5.41, 5.74) is 7.03. The summed E-state index contributed by atoms with van der Waals surface area (Å²) in [5, 5.41) is 16.6. The van der Waals surface area contributed by atoms with Gasteiger partial charge < -0.3 is 15.5 Å². The first-order valence-corrected chi connectivity index (χ1v) is 11.4. The van der Waals surface area contributed by atoms with Crippen molar-refractivity contribution in [3.05, 3.63) is 63.3 Å². The van der Waals surface area contributed by atoms with Gasteiger partial charge in [-0.3, -0.25) is 15.5 Å². The van der Waals surface area contributed by atoms with Crippen LogP contribution in [-0.4, -0.2) is 58.3 Å². The van der Waals surface area contributed by atoms with Crippen LogP contribution in [0, 0.1) is 12.7 Å². The second kappa shape index (κ2) is 8.63. The molecule has 0 bridgehead atoms. The topological polar surface area (TPSA) is 84.1 Å². The fourth-order valence-corrected chi connectivity index (χ4v) is 4.79. The molecule has 0 spiro atoms. The van der Waals surface area contributed by atoms with E-state index < -0.39 is 0 Å². The lowest BCUT2D eigenvalue weighted by molar-refractivity contribution is 0.274. The molecule has 0 unspecified atom stereocenters. The molecule has 4 N–H and O–H groups in total. The van der Waals surface area contributed by atoms with E-state index in [-0.39, 0.29) is 10.8 Å². The number of H-pyrrole nitrogens is 1. The van der Waals surface area contributed by atoms with Gasteiger partial charge >= 0.3 is 0 Å². The molecule has 1 saturated heterocycles. The highest BCUT2D eigenvalue weighted by atomic mass is 35.5. The van der Waals surface area contributed by atoms with Crippen molar-refractivity contribution < 1.29 is 4.39 Å². The predicted molar refractivity (Wildman–Crippen MR) is 122 cm³/mol. The number of hydrazine groups is 1. The minimum absolute atomic E-state index is 0.191. The van der Waals surface area contributed by atoms with Crippen molar-refractivity contribution in [2.75, 3.05) is 33.2 Å². The highest BCUT2D eigenvalue weighted by Crippen LogP contribution is 2.31. The standard InChI is InChI=1S/C22H28ClFN8/c1-13-3-4-16(24)19(23)15(13)12-32-10-9-26-21-18(32)11-17(31(2)30-21)22-27-20(28-29-22)14-5-7-25-8-6-14/h3-4,11,14,25-26,30H,5-10,12H2,1-2H3,(H,27,28,29). The predicted octanol–water partition coefficient (Wildman–Crippen LogP) is 2.44. The number of aromatic amines is 1. The molecule has 3 aliphatic rings. The number of hydrogen-bond acceptors (Lipinski definition) is 7. The third kappa shape index (κ3) is 3.91. The second-order valence-electron chi connectivity index (χ2n) is 8.53. The molecular weight excluding hydrogens is 431 g/mol. The van der Waals surface area contributed by atoms with Gasteiger partial charge in [-0.05, 0) is 56.1 Å². The molecule has 0 radical (unpaired) electrons. The molecule has 1 fully saturated rings. The van der Waals surface area contributed by atoms with E-state index in [9.17, 15) is 4.39 Å². The van der Waals surface area contributed by atoms with Gasteiger partial charge in [-0.25, -0.2) is 9.37 Å². The second-order valence-corrected chi connectivity index (χ2v) is 8.91. The molecule has 1 aromatic carbocycles. The molecule has 1 aromatic heterocycles. The van der Waals surface area contributed by atoms with Gasteiger partial charge in [-0.2, -0.15) is 5.10 Å². The number of hydrogen-bond donors (Lipinski definition) is 4. The van der Waals surface area contributed by atoms with E-state index in [2.05, 4.69) is 37.2 Å². The average Bonchev–Trinajstić information content (AvgIpc) is 3.29. The Labute approximate surface area is 191 Å². The van der Waals surface area contributed by atoms with E-state index in [4.69, 9.17) is 16.6 Å². The maximum Gasteiger partial charge on any atom is 0.199 e. The van der Waals surface area contributed by atoms with Crippen LogP contribution < -0.4 is 16.1 Å². The maximum absolute atomic E-state index is 14.1. The summed E-state index contributed by atoms with van der Waals surface area (Å²) in [5.74, 6) is 2.52. The van der Waals surface area contributed by atoms with Gasteiger partial charge in [-0.15, -0.1) is 0 Å². The number of nitrogens with zero attached hydrogens (tertiary/aromatic N) is 4. The van der Waals surface area contributed by atoms with E-state index in [0.717, 1.165) is 73.2 Å². The first-order chi connectivity index (χ1) is 15.5. The van der Waals surface area contributed by atoms with Crippen molar-refractivity contribution >= 4 is 17.3 Å². The molecule has 8 nitrogen and oxygen atoms in total. The fourth-order valence-electron chi connectivity index (χ4n) is 4.52. The summed E-state index contributed by atoms with van der Waals surface area (Å²) in [4.78, 5) is 7.03. The molecule has 3 aliphatic heterocycles. The normalized spacial score (nSPS) is 19.4. The Morgan fingerprint density at radius 3 is 2.84 bits per heavy atom. The zero-order chi connectivity index (χ0) is 22.2. The van der Waals surface area contributed by atoms with Gasteiger partial charge in [0.25, 0.3) is 0 Å². The van der Waals surface area contributed by atoms with Crippen molar-refractivity contribution in [3.8, 4) is 0 Å². The number of allylic oxidation sites excluding steroid dienone is 1. The quantitative estimate of drug-likeness (QED) is 0.560. The third-order valence-electron chi connectivity index (χ3n) is 6.43. The van der Waals surface area contributed by atoms with E-state index in [1.807, 2.05) is 19.0 Å². The molecule has 32 heavy (non-hydrogen) atoms. The lowest BCUT2D eigenvalue weighted by atomic mass is 9.98. The Morgan fingerprint density at radius 2 is 2.03 bits per heavy atom. The SMILES string of the molecule is Cc1ccc(F)c(Cl)c1CN1CCNC2=C1C=C(c1n[nH]c(C3CCNCC3)n1)N(C)N2. The number of aromatic nitrogens is 3. The lowest BCUT2D eigenvalue weighted by Gasteiger charge is -2.39. The van der Waals surface area contributed by atoms with Crippen LogP contribution in [0.25, 0.3) is 5.70 Å². The van der Waals surface area contributed by atoms with Gasteiger partial charge in [0, 0.05) is 32.6 Å². The van der Waals surface area contributed by atoms with Crippen molar-refractivity contribution in [2.24, 2.45) is 0 Å². The number of halogens is 2.